The molecule has 0 saturated heterocycles. The molecule has 0 aliphatic carbocycles. The molecule has 0 saturated carbocycles. The lowest BCUT2D eigenvalue weighted by atomic mass is 10.2. The number of carbonyl (C=O) groups excluding carboxylic acids is 1. The summed E-state index contributed by atoms with van der Waals surface area (Å²) in [7, 11) is 0. The molecule has 0 aromatic rings. The van der Waals surface area contributed by atoms with Gasteiger partial charge in [0, 0.05) is 12.8 Å². The van der Waals surface area contributed by atoms with E-state index in [1.54, 1.807) is 0 Å². The van der Waals surface area contributed by atoms with Gasteiger partial charge in [0.25, 0.3) is 0 Å². The highest BCUT2D eigenvalue weighted by Crippen LogP contribution is 2.00. The van der Waals surface area contributed by atoms with E-state index in [2.05, 4.69) is 0 Å². The number of hydrogen-bond donors (Lipinski definition) is 3. The lowest BCUT2D eigenvalue weighted by Gasteiger charge is -2.05. The number of carbonyl (C=O) groups is 4. The lowest BCUT2D eigenvalue weighted by molar-refractivity contribution is -0.145. The molecule has 0 radical (unpaired) electrons. The van der Waals surface area contributed by atoms with Gasteiger partial charge in [-0.1, -0.05) is 13.8 Å². The minimum Gasteiger partial charge on any atom is -0.481 e. The first kappa shape index (κ1) is 21.2. The zero-order valence-corrected chi connectivity index (χ0v) is 12.2. The summed E-state index contributed by atoms with van der Waals surface area (Å²) in [6, 6.07) is 0. The van der Waals surface area contributed by atoms with Gasteiger partial charge in [-0.3, -0.25) is 19.2 Å². The average Bonchev–Trinajstić information content (AvgIpc) is 2.34. The molecule has 0 unspecified atom stereocenters. The van der Waals surface area contributed by atoms with E-state index in [-0.39, 0.29) is 31.7 Å². The number of aliphatic carboxylic acids is 3. The van der Waals surface area contributed by atoms with Crippen LogP contribution in [0.25, 0.3) is 0 Å². The van der Waals surface area contributed by atoms with Crippen molar-refractivity contribution in [3.63, 3.8) is 0 Å². The summed E-state index contributed by atoms with van der Waals surface area (Å²) >= 11 is 0. The maximum Gasteiger partial charge on any atom is 0.305 e. The van der Waals surface area contributed by atoms with Crippen molar-refractivity contribution in [1.82, 2.24) is 0 Å². The molecule has 0 spiro atoms. The fourth-order valence-corrected chi connectivity index (χ4v) is 0.930. The number of rotatable bonds is 9. The van der Waals surface area contributed by atoms with Crippen LogP contribution in [0.1, 0.15) is 46.0 Å². The Morgan fingerprint density at radius 1 is 0.810 bits per heavy atom. The van der Waals surface area contributed by atoms with E-state index in [9.17, 15) is 19.2 Å². The maximum atomic E-state index is 10.9. The molecule has 0 fully saturated rings. The van der Waals surface area contributed by atoms with Crippen molar-refractivity contribution in [2.75, 3.05) is 6.61 Å². The summed E-state index contributed by atoms with van der Waals surface area (Å²) in [4.78, 5) is 40.3. The van der Waals surface area contributed by atoms with Crippen LogP contribution in [0.5, 0.6) is 0 Å². The normalized spacial score (nSPS) is 9.48. The van der Waals surface area contributed by atoms with Gasteiger partial charge in [-0.05, 0) is 12.3 Å². The molecule has 0 aromatic heterocycles. The van der Waals surface area contributed by atoms with Gasteiger partial charge in [0.05, 0.1) is 19.4 Å². The fourth-order valence-electron chi connectivity index (χ4n) is 0.930. The SMILES string of the molecule is CC(C)COC(=O)CCCC(=O)O.O=C(O)CCC(=O)O. The Hall–Kier alpha value is -2.12. The number of ether oxygens (including phenoxy) is 1. The molecular weight excluding hydrogens is 284 g/mol. The van der Waals surface area contributed by atoms with Gasteiger partial charge in [0.1, 0.15) is 0 Å². The number of hydrogen-bond acceptors (Lipinski definition) is 5. The Kier molecular flexibility index (Phi) is 13.0. The summed E-state index contributed by atoms with van der Waals surface area (Å²) in [6.07, 6.45) is -0.0211. The van der Waals surface area contributed by atoms with Gasteiger partial charge in [0.2, 0.25) is 0 Å². The molecule has 0 aliphatic heterocycles. The second-order valence-electron chi connectivity index (χ2n) is 4.61. The van der Waals surface area contributed by atoms with Crippen molar-refractivity contribution < 1.29 is 39.2 Å². The van der Waals surface area contributed by atoms with Crippen LogP contribution in [0, 0.1) is 5.92 Å². The molecule has 8 nitrogen and oxygen atoms in total. The zero-order valence-electron chi connectivity index (χ0n) is 12.2. The van der Waals surface area contributed by atoms with Crippen LogP contribution in [-0.4, -0.2) is 45.8 Å². The highest BCUT2D eigenvalue weighted by molar-refractivity contribution is 5.75. The fraction of sp³-hybridized carbons (Fsp3) is 0.692. The Morgan fingerprint density at radius 2 is 1.24 bits per heavy atom. The van der Waals surface area contributed by atoms with Gasteiger partial charge in [-0.15, -0.1) is 0 Å². The van der Waals surface area contributed by atoms with Gasteiger partial charge in [-0.2, -0.15) is 0 Å². The van der Waals surface area contributed by atoms with E-state index >= 15 is 0 Å². The molecule has 0 aliphatic rings. The summed E-state index contributed by atoms with van der Waals surface area (Å²) in [5.41, 5.74) is 0. The van der Waals surface area contributed by atoms with E-state index in [0.717, 1.165) is 0 Å². The topological polar surface area (TPSA) is 138 Å². The third-order valence-electron chi connectivity index (χ3n) is 1.90. The largest absolute Gasteiger partial charge is 0.481 e. The molecule has 122 valence electrons. The average molecular weight is 306 g/mol. The van der Waals surface area contributed by atoms with E-state index in [1.165, 1.54) is 0 Å². The Morgan fingerprint density at radius 3 is 1.57 bits per heavy atom. The Bertz CT molecular complexity index is 334. The van der Waals surface area contributed by atoms with E-state index < -0.39 is 17.9 Å². The van der Waals surface area contributed by atoms with Crippen molar-refractivity contribution in [2.45, 2.75) is 46.0 Å². The Labute approximate surface area is 122 Å². The van der Waals surface area contributed by atoms with Gasteiger partial charge >= 0.3 is 23.9 Å². The molecule has 21 heavy (non-hydrogen) atoms. The minimum atomic E-state index is -1.08. The first-order chi connectivity index (χ1) is 9.65. The van der Waals surface area contributed by atoms with Crippen LogP contribution in [0.15, 0.2) is 0 Å². The monoisotopic (exact) mass is 306 g/mol. The molecule has 3 N–H and O–H groups in total. The van der Waals surface area contributed by atoms with Crippen LogP contribution in [-0.2, 0) is 23.9 Å². The molecule has 8 heteroatoms. The summed E-state index contributed by atoms with van der Waals surface area (Å²) in [5.74, 6) is -3.02. The molecule has 0 amide bonds. The smallest absolute Gasteiger partial charge is 0.305 e. The molecule has 0 aromatic carbocycles. The predicted molar refractivity (Wildman–Crippen MR) is 71.8 cm³/mol. The van der Waals surface area contributed by atoms with E-state index in [4.69, 9.17) is 20.1 Å². The van der Waals surface area contributed by atoms with Crippen LogP contribution in [0.3, 0.4) is 0 Å². The van der Waals surface area contributed by atoms with Crippen molar-refractivity contribution in [3.05, 3.63) is 0 Å². The van der Waals surface area contributed by atoms with E-state index in [0.29, 0.717) is 18.9 Å². The number of esters is 1. The van der Waals surface area contributed by atoms with E-state index in [1.807, 2.05) is 13.8 Å². The molecule has 0 heterocycles. The predicted octanol–water partition coefficient (Wildman–Crippen LogP) is 1.38. The first-order valence-corrected chi connectivity index (χ1v) is 6.46. The standard InChI is InChI=1S/C9H16O4.C4H6O4/c1-7(2)6-13-9(12)5-3-4-8(10)11;5-3(6)1-2-4(7)8/h7H,3-6H2,1-2H3,(H,10,11);1-2H2,(H,5,6)(H,7,8). The van der Waals surface area contributed by atoms with Crippen LogP contribution >= 0.6 is 0 Å². The maximum absolute atomic E-state index is 10.9. The summed E-state index contributed by atoms with van der Waals surface area (Å²) < 4.78 is 4.85. The summed E-state index contributed by atoms with van der Waals surface area (Å²) in [5, 5.41) is 24.1. The number of carboxylic acid groups (broad SMARTS) is 3. The van der Waals surface area contributed by atoms with Gasteiger partial charge in [-0.25, -0.2) is 0 Å². The second-order valence-corrected chi connectivity index (χ2v) is 4.61. The minimum absolute atomic E-state index is 0.0246. The lowest BCUT2D eigenvalue weighted by Crippen LogP contribution is -2.10. The molecule has 0 bridgehead atoms. The molecule has 0 atom stereocenters. The van der Waals surface area contributed by atoms with Crippen molar-refractivity contribution >= 4 is 23.9 Å². The second kappa shape index (κ2) is 12.9. The quantitative estimate of drug-likeness (QED) is 0.543. The third kappa shape index (κ3) is 23.4. The van der Waals surface area contributed by atoms with Crippen LogP contribution < -0.4 is 0 Å². The molecule has 0 rings (SSSR count). The van der Waals surface area contributed by atoms with Crippen LogP contribution in [0.4, 0.5) is 0 Å². The highest BCUT2D eigenvalue weighted by atomic mass is 16.5. The van der Waals surface area contributed by atoms with Crippen molar-refractivity contribution in [3.8, 4) is 0 Å². The molecular formula is C13H22O8. The van der Waals surface area contributed by atoms with Gasteiger partial charge in [0.15, 0.2) is 0 Å². The summed E-state index contributed by atoms with van der Waals surface area (Å²) in [6.45, 7) is 4.31. The van der Waals surface area contributed by atoms with Crippen molar-refractivity contribution in [2.24, 2.45) is 5.92 Å². The third-order valence-corrected chi connectivity index (χ3v) is 1.90. The number of carboxylic acids is 3. The first-order valence-electron chi connectivity index (χ1n) is 6.46. The van der Waals surface area contributed by atoms with Crippen LogP contribution in [0.2, 0.25) is 0 Å². The Balaban J connectivity index is 0. The van der Waals surface area contributed by atoms with Crippen molar-refractivity contribution in [1.29, 1.82) is 0 Å². The highest BCUT2D eigenvalue weighted by Gasteiger charge is 2.05. The van der Waals surface area contributed by atoms with Gasteiger partial charge < -0.3 is 20.1 Å². The zero-order chi connectivity index (χ0) is 16.8.